The van der Waals surface area contributed by atoms with Crippen LogP contribution >= 0.6 is 0 Å². The van der Waals surface area contributed by atoms with Gasteiger partial charge in [0.1, 0.15) is 17.3 Å². The lowest BCUT2D eigenvalue weighted by molar-refractivity contribution is 0.611. The van der Waals surface area contributed by atoms with E-state index >= 15 is 0 Å². The van der Waals surface area contributed by atoms with Crippen LogP contribution in [0.2, 0.25) is 0 Å². The Morgan fingerprint density at radius 1 is 1.33 bits per heavy atom. The summed E-state index contributed by atoms with van der Waals surface area (Å²) in [6.07, 6.45) is 0. The molecule has 2 rings (SSSR count). The van der Waals surface area contributed by atoms with Crippen molar-refractivity contribution in [2.45, 2.75) is 6.92 Å². The van der Waals surface area contributed by atoms with Crippen molar-refractivity contribution in [1.29, 1.82) is 0 Å². The number of nitrogens with one attached hydrogen (secondary N) is 1. The molecule has 0 amide bonds. The lowest BCUT2D eigenvalue weighted by atomic mass is 10.3. The molecule has 0 saturated heterocycles. The second kappa shape index (κ2) is 3.73. The molecule has 0 spiro atoms. The Bertz CT molecular complexity index is 476. The zero-order valence-corrected chi connectivity index (χ0v) is 8.66. The van der Waals surface area contributed by atoms with Gasteiger partial charge in [0, 0.05) is 13.1 Å². The van der Waals surface area contributed by atoms with Crippen molar-refractivity contribution in [2.75, 3.05) is 12.4 Å². The Kier molecular flexibility index (Phi) is 2.41. The van der Waals surface area contributed by atoms with Crippen molar-refractivity contribution in [3.8, 4) is 5.69 Å². The molecule has 1 aromatic heterocycles. The predicted molar refractivity (Wildman–Crippen MR) is 57.8 cm³/mol. The first kappa shape index (κ1) is 9.71. The maximum absolute atomic E-state index is 13.5. The maximum atomic E-state index is 13.5. The van der Waals surface area contributed by atoms with Crippen LogP contribution in [0.1, 0.15) is 5.69 Å². The average Bonchev–Trinajstić information content (AvgIpc) is 2.60. The monoisotopic (exact) mass is 205 g/mol. The number of rotatable bonds is 2. The standard InChI is InChI=1S/C11H12FN3/c1-8-7-11(13-2)15(14-8)10-6-4-3-5-9(10)12/h3-7,13H,1-2H3. The Labute approximate surface area is 87.5 Å². The number of anilines is 1. The first-order valence-electron chi connectivity index (χ1n) is 4.71. The van der Waals surface area contributed by atoms with Crippen molar-refractivity contribution >= 4 is 5.82 Å². The van der Waals surface area contributed by atoms with E-state index in [0.29, 0.717) is 5.69 Å². The first-order chi connectivity index (χ1) is 7.22. The largest absolute Gasteiger partial charge is 0.373 e. The van der Waals surface area contributed by atoms with E-state index < -0.39 is 0 Å². The summed E-state index contributed by atoms with van der Waals surface area (Å²) in [7, 11) is 1.79. The van der Waals surface area contributed by atoms with E-state index in [2.05, 4.69) is 10.4 Å². The van der Waals surface area contributed by atoms with E-state index in [1.54, 1.807) is 29.9 Å². The molecule has 0 aliphatic rings. The van der Waals surface area contributed by atoms with Gasteiger partial charge in [-0.25, -0.2) is 9.07 Å². The molecule has 1 aromatic carbocycles. The van der Waals surface area contributed by atoms with Crippen molar-refractivity contribution < 1.29 is 4.39 Å². The Morgan fingerprint density at radius 3 is 2.73 bits per heavy atom. The number of hydrogen-bond acceptors (Lipinski definition) is 2. The molecule has 0 radical (unpaired) electrons. The van der Waals surface area contributed by atoms with Crippen LogP contribution in [-0.2, 0) is 0 Å². The predicted octanol–water partition coefficient (Wildman–Crippen LogP) is 2.36. The van der Waals surface area contributed by atoms with Crippen molar-refractivity contribution in [1.82, 2.24) is 9.78 Å². The van der Waals surface area contributed by atoms with Gasteiger partial charge in [-0.05, 0) is 19.1 Å². The zero-order chi connectivity index (χ0) is 10.8. The van der Waals surface area contributed by atoms with Crippen LogP contribution in [-0.4, -0.2) is 16.8 Å². The molecule has 0 bridgehead atoms. The number of benzene rings is 1. The van der Waals surface area contributed by atoms with Gasteiger partial charge in [0.15, 0.2) is 0 Å². The third kappa shape index (κ3) is 1.70. The van der Waals surface area contributed by atoms with Gasteiger partial charge in [-0.15, -0.1) is 0 Å². The Hall–Kier alpha value is -1.84. The van der Waals surface area contributed by atoms with Gasteiger partial charge in [-0.1, -0.05) is 12.1 Å². The van der Waals surface area contributed by atoms with Crippen molar-refractivity contribution in [3.05, 3.63) is 41.8 Å². The van der Waals surface area contributed by atoms with E-state index in [1.165, 1.54) is 6.07 Å². The van der Waals surface area contributed by atoms with Crippen LogP contribution < -0.4 is 5.32 Å². The average molecular weight is 205 g/mol. The van der Waals surface area contributed by atoms with Crippen LogP contribution in [0, 0.1) is 12.7 Å². The second-order valence-corrected chi connectivity index (χ2v) is 3.28. The summed E-state index contributed by atoms with van der Waals surface area (Å²) in [5.41, 5.74) is 1.30. The molecule has 0 unspecified atom stereocenters. The number of hydrogen-bond donors (Lipinski definition) is 1. The van der Waals surface area contributed by atoms with E-state index in [4.69, 9.17) is 0 Å². The van der Waals surface area contributed by atoms with Crippen LogP contribution in [0.5, 0.6) is 0 Å². The van der Waals surface area contributed by atoms with Crippen LogP contribution in [0.15, 0.2) is 30.3 Å². The van der Waals surface area contributed by atoms with E-state index in [0.717, 1.165) is 11.5 Å². The fourth-order valence-corrected chi connectivity index (χ4v) is 1.48. The number of para-hydroxylation sites is 1. The minimum Gasteiger partial charge on any atom is -0.373 e. The molecule has 15 heavy (non-hydrogen) atoms. The molecule has 78 valence electrons. The Balaban J connectivity index is 2.58. The molecule has 0 aliphatic carbocycles. The van der Waals surface area contributed by atoms with Crippen LogP contribution in [0.4, 0.5) is 10.2 Å². The summed E-state index contributed by atoms with van der Waals surface area (Å²) in [5.74, 6) is 0.495. The van der Waals surface area contributed by atoms with Gasteiger partial charge >= 0.3 is 0 Å². The van der Waals surface area contributed by atoms with Gasteiger partial charge in [0.2, 0.25) is 0 Å². The zero-order valence-electron chi connectivity index (χ0n) is 8.66. The highest BCUT2D eigenvalue weighted by molar-refractivity contribution is 5.46. The fraction of sp³-hybridized carbons (Fsp3) is 0.182. The van der Waals surface area contributed by atoms with Crippen LogP contribution in [0.25, 0.3) is 5.69 Å². The van der Waals surface area contributed by atoms with E-state index in [-0.39, 0.29) is 5.82 Å². The summed E-state index contributed by atoms with van der Waals surface area (Å²) in [6.45, 7) is 1.87. The first-order valence-corrected chi connectivity index (χ1v) is 4.71. The molecule has 1 N–H and O–H groups in total. The highest BCUT2D eigenvalue weighted by Crippen LogP contribution is 2.18. The summed E-state index contributed by atoms with van der Waals surface area (Å²) in [5, 5.41) is 7.20. The summed E-state index contributed by atoms with van der Waals surface area (Å²) >= 11 is 0. The third-order valence-electron chi connectivity index (χ3n) is 2.17. The highest BCUT2D eigenvalue weighted by atomic mass is 19.1. The highest BCUT2D eigenvalue weighted by Gasteiger charge is 2.09. The van der Waals surface area contributed by atoms with Gasteiger partial charge in [-0.2, -0.15) is 5.10 Å². The molecule has 1 heterocycles. The van der Waals surface area contributed by atoms with Crippen molar-refractivity contribution in [2.24, 2.45) is 0 Å². The normalized spacial score (nSPS) is 10.3. The minimum absolute atomic E-state index is 0.280. The lowest BCUT2D eigenvalue weighted by Gasteiger charge is -2.06. The maximum Gasteiger partial charge on any atom is 0.148 e. The number of halogens is 1. The summed E-state index contributed by atoms with van der Waals surface area (Å²) < 4.78 is 15.1. The quantitative estimate of drug-likeness (QED) is 0.815. The number of aryl methyl sites for hydroxylation is 1. The van der Waals surface area contributed by atoms with E-state index in [9.17, 15) is 4.39 Å². The molecule has 3 nitrogen and oxygen atoms in total. The van der Waals surface area contributed by atoms with Gasteiger partial charge in [0.05, 0.1) is 5.69 Å². The fourth-order valence-electron chi connectivity index (χ4n) is 1.48. The number of nitrogens with zero attached hydrogens (tertiary/aromatic N) is 2. The van der Waals surface area contributed by atoms with E-state index in [1.807, 2.05) is 13.0 Å². The smallest absolute Gasteiger partial charge is 0.148 e. The molecular formula is C11H12FN3. The molecule has 0 saturated carbocycles. The number of aromatic nitrogens is 2. The molecule has 0 aliphatic heterocycles. The Morgan fingerprint density at radius 2 is 2.07 bits per heavy atom. The molecule has 2 aromatic rings. The van der Waals surface area contributed by atoms with Gasteiger partial charge in [0.25, 0.3) is 0 Å². The summed E-state index contributed by atoms with van der Waals surface area (Å²) in [4.78, 5) is 0. The second-order valence-electron chi connectivity index (χ2n) is 3.28. The lowest BCUT2D eigenvalue weighted by Crippen LogP contribution is -2.04. The molecule has 4 heteroatoms. The SMILES string of the molecule is CNc1cc(C)nn1-c1ccccc1F. The minimum atomic E-state index is -0.280. The molecular weight excluding hydrogens is 193 g/mol. The van der Waals surface area contributed by atoms with Crippen LogP contribution in [0.3, 0.4) is 0 Å². The van der Waals surface area contributed by atoms with Crippen molar-refractivity contribution in [3.63, 3.8) is 0 Å². The topological polar surface area (TPSA) is 29.9 Å². The summed E-state index contributed by atoms with van der Waals surface area (Å²) in [6, 6.07) is 8.43. The van der Waals surface area contributed by atoms with Gasteiger partial charge < -0.3 is 5.32 Å². The van der Waals surface area contributed by atoms with Gasteiger partial charge in [-0.3, -0.25) is 0 Å². The molecule has 0 atom stereocenters. The molecule has 0 fully saturated rings. The third-order valence-corrected chi connectivity index (χ3v) is 2.17.